The van der Waals surface area contributed by atoms with Crippen LogP contribution in [0.25, 0.3) is 10.2 Å². The van der Waals surface area contributed by atoms with Crippen molar-refractivity contribution in [3.8, 4) is 0 Å². The van der Waals surface area contributed by atoms with Gasteiger partial charge in [0.2, 0.25) is 5.28 Å². The molecule has 0 bridgehead atoms. The summed E-state index contributed by atoms with van der Waals surface area (Å²) in [5.74, 6) is 1.21. The van der Waals surface area contributed by atoms with E-state index in [1.165, 1.54) is 11.3 Å². The molecular weight excluding hydrogens is 472 g/mol. The van der Waals surface area contributed by atoms with Crippen LogP contribution in [0.3, 0.4) is 0 Å². The number of benzene rings is 1. The molecule has 0 aliphatic carbocycles. The van der Waals surface area contributed by atoms with Crippen molar-refractivity contribution in [3.63, 3.8) is 0 Å². The molecule has 11 heteroatoms. The highest BCUT2D eigenvalue weighted by Crippen LogP contribution is 2.42. The number of anilines is 2. The number of thiophene rings is 1. The van der Waals surface area contributed by atoms with E-state index in [0.29, 0.717) is 18.2 Å². The molecule has 9 nitrogen and oxygen atoms in total. The lowest BCUT2D eigenvalue weighted by molar-refractivity contribution is 0.128. The van der Waals surface area contributed by atoms with Crippen LogP contribution in [0, 0.1) is 0 Å². The molecule has 4 aromatic rings. The van der Waals surface area contributed by atoms with Gasteiger partial charge in [-0.1, -0.05) is 30.3 Å². The molecule has 0 unspecified atom stereocenters. The largest absolute Gasteiger partial charge is 0.322 e. The molecular formula is C23H25ClN8OS. The lowest BCUT2D eigenvalue weighted by atomic mass is 10.0. The van der Waals surface area contributed by atoms with Crippen molar-refractivity contribution in [3.05, 3.63) is 63.9 Å². The van der Waals surface area contributed by atoms with E-state index in [2.05, 4.69) is 30.8 Å². The summed E-state index contributed by atoms with van der Waals surface area (Å²) in [7, 11) is 3.89. The number of carbonyl (C=O) groups is 1. The zero-order valence-electron chi connectivity index (χ0n) is 19.3. The highest BCUT2D eigenvalue weighted by molar-refractivity contribution is 7.17. The number of rotatable bonds is 5. The maximum atomic E-state index is 13.5. The van der Waals surface area contributed by atoms with Crippen LogP contribution in [-0.4, -0.2) is 50.1 Å². The minimum absolute atomic E-state index is 0.158. The summed E-state index contributed by atoms with van der Waals surface area (Å²) in [5, 5.41) is 16.2. The molecule has 0 saturated heterocycles. The first-order valence-corrected chi connectivity index (χ1v) is 12.1. The number of nitrogens with zero attached hydrogens (tertiary/aromatic N) is 5. The van der Waals surface area contributed by atoms with Crippen LogP contribution in [0.5, 0.6) is 0 Å². The molecule has 34 heavy (non-hydrogen) atoms. The number of carbonyl (C=O) groups excluding carboxylic acids is 1. The fraction of sp³-hybridized carbons (Fsp3) is 0.304. The van der Waals surface area contributed by atoms with Gasteiger partial charge in [-0.3, -0.25) is 10.00 Å². The maximum Gasteiger partial charge on any atom is 0.319 e. The van der Waals surface area contributed by atoms with Gasteiger partial charge < -0.3 is 15.5 Å². The molecule has 0 fully saturated rings. The Balaban J connectivity index is 1.41. The molecule has 1 aliphatic heterocycles. The summed E-state index contributed by atoms with van der Waals surface area (Å²) in [4.78, 5) is 25.9. The summed E-state index contributed by atoms with van der Waals surface area (Å²) in [6, 6.07) is 11.7. The van der Waals surface area contributed by atoms with Crippen molar-refractivity contribution in [2.24, 2.45) is 0 Å². The maximum absolute atomic E-state index is 13.5. The molecule has 5 rings (SSSR count). The summed E-state index contributed by atoms with van der Waals surface area (Å²) in [6.45, 7) is 4.41. The minimum atomic E-state index is -0.582. The second kappa shape index (κ2) is 8.53. The topological polar surface area (TPSA) is 102 Å². The third-order valence-electron chi connectivity index (χ3n) is 6.12. The van der Waals surface area contributed by atoms with Crippen molar-refractivity contribution in [2.45, 2.75) is 32.1 Å². The molecule has 2 amide bonds. The number of fused-ring (bicyclic) bond motifs is 2. The van der Waals surface area contributed by atoms with Gasteiger partial charge in [-0.05, 0) is 56.6 Å². The standard InChI is InChI=1S/C23H25ClN8OS/c1-23(2)17-14(12-32(23)22(33)28-20(31(3)4)13-8-6-5-7-9-13)18(30-29-17)26-19-16-15(10-11-34-16)25-21(24)27-19/h5-11,20H,12H2,1-4H3,(H,28,33)(H2,25,26,27,29,30)/t20-/m1/s1. The van der Waals surface area contributed by atoms with Crippen LogP contribution in [0.15, 0.2) is 41.8 Å². The van der Waals surface area contributed by atoms with Gasteiger partial charge in [-0.2, -0.15) is 10.1 Å². The smallest absolute Gasteiger partial charge is 0.319 e. The van der Waals surface area contributed by atoms with E-state index in [-0.39, 0.29) is 17.5 Å². The predicted molar refractivity (Wildman–Crippen MR) is 134 cm³/mol. The third kappa shape index (κ3) is 3.87. The van der Waals surface area contributed by atoms with E-state index in [1.807, 2.05) is 79.5 Å². The SMILES string of the molecule is CN(C)[C@@H](NC(=O)N1Cc2c(Nc3nc(Cl)nc4ccsc34)n[nH]c2C1(C)C)c1ccccc1. The molecule has 0 spiro atoms. The number of urea groups is 1. The summed E-state index contributed by atoms with van der Waals surface area (Å²) in [6.07, 6.45) is -0.255. The number of hydrogen-bond donors (Lipinski definition) is 3. The van der Waals surface area contributed by atoms with Gasteiger partial charge in [0.25, 0.3) is 0 Å². The van der Waals surface area contributed by atoms with Gasteiger partial charge >= 0.3 is 6.03 Å². The molecule has 1 aromatic carbocycles. The quantitative estimate of drug-likeness (QED) is 0.270. The van der Waals surface area contributed by atoms with Crippen LogP contribution in [0.4, 0.5) is 16.4 Å². The lowest BCUT2D eigenvalue weighted by Crippen LogP contribution is -2.49. The zero-order valence-corrected chi connectivity index (χ0v) is 20.8. The van der Waals surface area contributed by atoms with E-state index in [1.54, 1.807) is 0 Å². The van der Waals surface area contributed by atoms with E-state index >= 15 is 0 Å². The van der Waals surface area contributed by atoms with Crippen LogP contribution in [0.1, 0.15) is 36.8 Å². The van der Waals surface area contributed by atoms with E-state index in [0.717, 1.165) is 27.0 Å². The van der Waals surface area contributed by atoms with Gasteiger partial charge in [-0.25, -0.2) is 9.78 Å². The number of amides is 2. The van der Waals surface area contributed by atoms with Crippen molar-refractivity contribution in [1.29, 1.82) is 0 Å². The second-order valence-corrected chi connectivity index (χ2v) is 10.2. The molecule has 0 saturated carbocycles. The molecule has 3 aromatic heterocycles. The number of hydrogen-bond acceptors (Lipinski definition) is 7. The number of halogens is 1. The number of aromatic amines is 1. The Hall–Kier alpha value is -3.21. The van der Waals surface area contributed by atoms with E-state index < -0.39 is 5.54 Å². The molecule has 1 aliphatic rings. The van der Waals surface area contributed by atoms with Gasteiger partial charge in [0, 0.05) is 5.56 Å². The van der Waals surface area contributed by atoms with Crippen LogP contribution < -0.4 is 10.6 Å². The minimum Gasteiger partial charge on any atom is -0.322 e. The van der Waals surface area contributed by atoms with Crippen LogP contribution in [0.2, 0.25) is 5.28 Å². The molecule has 0 radical (unpaired) electrons. The Labute approximate surface area is 206 Å². The second-order valence-electron chi connectivity index (χ2n) is 8.90. The molecule has 3 N–H and O–H groups in total. The molecule has 1 atom stereocenters. The predicted octanol–water partition coefficient (Wildman–Crippen LogP) is 4.83. The van der Waals surface area contributed by atoms with Crippen molar-refractivity contribution < 1.29 is 4.79 Å². The average molecular weight is 497 g/mol. The van der Waals surface area contributed by atoms with E-state index in [4.69, 9.17) is 11.6 Å². The van der Waals surface area contributed by atoms with Gasteiger partial charge in [0.15, 0.2) is 11.6 Å². The van der Waals surface area contributed by atoms with Crippen molar-refractivity contribution >= 4 is 50.8 Å². The highest BCUT2D eigenvalue weighted by atomic mass is 35.5. The normalized spacial score (nSPS) is 15.5. The summed E-state index contributed by atoms with van der Waals surface area (Å²) in [5.41, 5.74) is 3.01. The first-order valence-electron chi connectivity index (χ1n) is 10.8. The number of aromatic nitrogens is 4. The van der Waals surface area contributed by atoms with Crippen LogP contribution >= 0.6 is 22.9 Å². The Kier molecular flexibility index (Phi) is 5.67. The molecule has 4 heterocycles. The Morgan fingerprint density at radius 2 is 1.97 bits per heavy atom. The molecule has 176 valence electrons. The van der Waals surface area contributed by atoms with Gasteiger partial charge in [-0.15, -0.1) is 11.3 Å². The van der Waals surface area contributed by atoms with Crippen molar-refractivity contribution in [1.82, 2.24) is 35.3 Å². The first kappa shape index (κ1) is 22.6. The van der Waals surface area contributed by atoms with E-state index in [9.17, 15) is 4.79 Å². The summed E-state index contributed by atoms with van der Waals surface area (Å²) < 4.78 is 0.893. The highest BCUT2D eigenvalue weighted by Gasteiger charge is 2.44. The Morgan fingerprint density at radius 1 is 1.21 bits per heavy atom. The Morgan fingerprint density at radius 3 is 2.71 bits per heavy atom. The van der Waals surface area contributed by atoms with Gasteiger partial charge in [0.1, 0.15) is 6.17 Å². The third-order valence-corrected chi connectivity index (χ3v) is 7.20. The summed E-state index contributed by atoms with van der Waals surface area (Å²) >= 11 is 7.65. The average Bonchev–Trinajstić information content (AvgIpc) is 3.48. The number of nitrogens with one attached hydrogen (secondary N) is 3. The first-order chi connectivity index (χ1) is 16.3. The Bertz CT molecular complexity index is 1350. The van der Waals surface area contributed by atoms with Gasteiger partial charge in [0.05, 0.1) is 28.0 Å². The zero-order chi connectivity index (χ0) is 24.0. The fourth-order valence-electron chi connectivity index (χ4n) is 4.32. The van der Waals surface area contributed by atoms with Crippen LogP contribution in [-0.2, 0) is 12.1 Å². The lowest BCUT2D eigenvalue weighted by Gasteiger charge is -2.35. The monoisotopic (exact) mass is 496 g/mol. The number of H-pyrrole nitrogens is 1. The van der Waals surface area contributed by atoms with Crippen molar-refractivity contribution in [2.75, 3.05) is 19.4 Å². The fourth-order valence-corrected chi connectivity index (χ4v) is 5.27.